The number of nitrogens with one attached hydrogen (secondary N) is 3. The zero-order chi connectivity index (χ0) is 45.4. The number of amides is 4. The molecule has 1 atom stereocenters. The first kappa shape index (κ1) is 43.8. The number of aryl methyl sites for hydroxylation is 1. The molecule has 338 valence electrons. The fraction of sp³-hybridized carbons (Fsp3) is 0.417. The van der Waals surface area contributed by atoms with Crippen LogP contribution in [0.25, 0.3) is 33.5 Å². The quantitative estimate of drug-likeness (QED) is 0.116. The van der Waals surface area contributed by atoms with Crippen LogP contribution >= 0.6 is 11.6 Å². The number of benzene rings is 2. The lowest BCUT2D eigenvalue weighted by Crippen LogP contribution is -2.49. The standard InChI is InChI=1S/C48H55ClN12O4/c1-29-24-32(6-9-35(29)30(2)53-44(63)45-56-46(57-65-45)48(3,4)5)42-36-26-38(54-43(36)52-28-51-42)33-7-11-40(50-27-33)60-22-20-58(21-23-60)16-12-31-13-17-59(18-14-31)34-8-10-39(37(49)25-34)61-19-15-41(62)55-47(61)64/h6-11,24-28,30-31H,12-23H2,1-5H3,(H,53,63)(H,51,52,54)(H,55,62,64)/t30-/m1/s1. The largest absolute Gasteiger partial charge is 0.371 e. The summed E-state index contributed by atoms with van der Waals surface area (Å²) in [6, 6.07) is 17.6. The van der Waals surface area contributed by atoms with E-state index in [0.29, 0.717) is 29.0 Å². The van der Waals surface area contributed by atoms with Crippen LogP contribution in [0.1, 0.15) is 87.1 Å². The maximum absolute atomic E-state index is 12.9. The number of carbonyl (C=O) groups excluding carboxylic acids is 3. The Morgan fingerprint density at radius 3 is 2.40 bits per heavy atom. The minimum Gasteiger partial charge on any atom is -0.371 e. The van der Waals surface area contributed by atoms with Crippen LogP contribution < -0.4 is 25.3 Å². The minimum atomic E-state index is -0.427. The molecule has 0 radical (unpaired) electrons. The predicted molar refractivity (Wildman–Crippen MR) is 251 cm³/mol. The van der Waals surface area contributed by atoms with Crippen molar-refractivity contribution in [2.75, 3.05) is 67.1 Å². The van der Waals surface area contributed by atoms with Gasteiger partial charge in [-0.15, -0.1) is 0 Å². The van der Waals surface area contributed by atoms with E-state index in [2.05, 4.69) is 74.7 Å². The highest BCUT2D eigenvalue weighted by Gasteiger charge is 2.28. The third kappa shape index (κ3) is 9.55. The molecular weight excluding hydrogens is 844 g/mol. The number of nitrogens with zero attached hydrogens (tertiary/aromatic N) is 9. The number of urea groups is 1. The molecule has 3 saturated heterocycles. The Bertz CT molecular complexity index is 2710. The third-order valence-corrected chi connectivity index (χ3v) is 13.2. The number of carbonyl (C=O) groups is 3. The molecule has 3 aliphatic heterocycles. The maximum atomic E-state index is 12.9. The molecule has 0 unspecified atom stereocenters. The number of hydrogen-bond acceptors (Lipinski definition) is 12. The molecule has 9 rings (SSSR count). The van der Waals surface area contributed by atoms with Crippen molar-refractivity contribution in [2.24, 2.45) is 5.92 Å². The Morgan fingerprint density at radius 1 is 0.923 bits per heavy atom. The second kappa shape index (κ2) is 18.2. The van der Waals surface area contributed by atoms with E-state index >= 15 is 0 Å². The van der Waals surface area contributed by atoms with Crippen LogP contribution in [0.2, 0.25) is 5.02 Å². The number of piperazine rings is 1. The summed E-state index contributed by atoms with van der Waals surface area (Å²) in [5.74, 6) is 1.42. The first-order valence-corrected chi connectivity index (χ1v) is 22.8. The molecule has 16 nitrogen and oxygen atoms in total. The third-order valence-electron chi connectivity index (χ3n) is 12.9. The highest BCUT2D eigenvalue weighted by molar-refractivity contribution is 6.34. The average molecular weight is 900 g/mol. The highest BCUT2D eigenvalue weighted by Crippen LogP contribution is 2.35. The van der Waals surface area contributed by atoms with Crippen LogP contribution in [0.15, 0.2) is 71.6 Å². The van der Waals surface area contributed by atoms with Crippen molar-refractivity contribution in [1.82, 2.24) is 45.6 Å². The summed E-state index contributed by atoms with van der Waals surface area (Å²) in [4.78, 5) is 67.6. The second-order valence-electron chi connectivity index (χ2n) is 18.5. The highest BCUT2D eigenvalue weighted by atomic mass is 35.5. The van der Waals surface area contributed by atoms with Gasteiger partial charge in [0.1, 0.15) is 17.8 Å². The first-order chi connectivity index (χ1) is 31.3. The zero-order valence-corrected chi connectivity index (χ0v) is 38.3. The van der Waals surface area contributed by atoms with E-state index in [9.17, 15) is 14.4 Å². The lowest BCUT2D eigenvalue weighted by Gasteiger charge is -2.37. The van der Waals surface area contributed by atoms with E-state index in [1.165, 1.54) is 11.3 Å². The molecule has 3 fully saturated rings. The summed E-state index contributed by atoms with van der Waals surface area (Å²) in [5, 5.41) is 10.8. The number of pyridine rings is 1. The molecule has 17 heteroatoms. The molecule has 7 heterocycles. The van der Waals surface area contributed by atoms with Crippen LogP contribution in [0.4, 0.5) is 22.0 Å². The Labute approximate surface area is 383 Å². The number of aromatic amines is 1. The lowest BCUT2D eigenvalue weighted by atomic mass is 9.93. The van der Waals surface area contributed by atoms with Crippen molar-refractivity contribution in [3.05, 3.63) is 95.0 Å². The van der Waals surface area contributed by atoms with E-state index in [1.807, 2.05) is 71.1 Å². The van der Waals surface area contributed by atoms with Gasteiger partial charge in [-0.3, -0.25) is 24.7 Å². The molecule has 4 amide bonds. The van der Waals surface area contributed by atoms with E-state index < -0.39 is 11.9 Å². The summed E-state index contributed by atoms with van der Waals surface area (Å²) in [6.07, 6.45) is 7.22. The fourth-order valence-electron chi connectivity index (χ4n) is 9.07. The second-order valence-corrected chi connectivity index (χ2v) is 18.9. The first-order valence-electron chi connectivity index (χ1n) is 22.5. The van der Waals surface area contributed by atoms with Gasteiger partial charge in [0.2, 0.25) is 5.91 Å². The van der Waals surface area contributed by atoms with Crippen LogP contribution in [0, 0.1) is 12.8 Å². The van der Waals surface area contributed by atoms with Gasteiger partial charge in [0.25, 0.3) is 0 Å². The summed E-state index contributed by atoms with van der Waals surface area (Å²) in [7, 11) is 0. The summed E-state index contributed by atoms with van der Waals surface area (Å²) < 4.78 is 5.25. The molecule has 0 saturated carbocycles. The van der Waals surface area contributed by atoms with Crippen LogP contribution in [0.3, 0.4) is 0 Å². The fourth-order valence-corrected chi connectivity index (χ4v) is 9.35. The molecular formula is C48H55ClN12O4. The number of rotatable bonds is 11. The molecule has 4 aromatic heterocycles. The number of halogens is 1. The number of anilines is 3. The van der Waals surface area contributed by atoms with Crippen molar-refractivity contribution in [2.45, 2.75) is 71.8 Å². The summed E-state index contributed by atoms with van der Waals surface area (Å²) >= 11 is 6.64. The van der Waals surface area contributed by atoms with Gasteiger partial charge in [0.15, 0.2) is 5.82 Å². The van der Waals surface area contributed by atoms with Gasteiger partial charge in [-0.25, -0.2) is 19.7 Å². The maximum Gasteiger partial charge on any atom is 0.328 e. The minimum absolute atomic E-state index is 0.0512. The molecule has 65 heavy (non-hydrogen) atoms. The Balaban J connectivity index is 0.753. The van der Waals surface area contributed by atoms with Gasteiger partial charge >= 0.3 is 17.8 Å². The molecule has 0 aliphatic carbocycles. The van der Waals surface area contributed by atoms with E-state index in [0.717, 1.165) is 115 Å². The van der Waals surface area contributed by atoms with Gasteiger partial charge in [0, 0.05) is 91.7 Å². The van der Waals surface area contributed by atoms with Gasteiger partial charge in [-0.2, -0.15) is 4.98 Å². The Hall–Kier alpha value is -6.39. The van der Waals surface area contributed by atoms with Crippen molar-refractivity contribution in [3.63, 3.8) is 0 Å². The number of imide groups is 1. The topological polar surface area (TPSA) is 182 Å². The van der Waals surface area contributed by atoms with E-state index in [-0.39, 0.29) is 29.7 Å². The molecule has 3 aliphatic rings. The van der Waals surface area contributed by atoms with E-state index in [4.69, 9.17) is 21.1 Å². The van der Waals surface area contributed by atoms with Crippen LogP contribution in [-0.2, 0) is 10.2 Å². The Kier molecular flexibility index (Phi) is 12.3. The number of piperidine rings is 1. The normalized spacial score (nSPS) is 17.2. The predicted octanol–water partition coefficient (Wildman–Crippen LogP) is 7.70. The number of fused-ring (bicyclic) bond motifs is 1. The van der Waals surface area contributed by atoms with Gasteiger partial charge < -0.3 is 24.6 Å². The van der Waals surface area contributed by atoms with Gasteiger partial charge in [-0.05, 0) is 99.2 Å². The smallest absolute Gasteiger partial charge is 0.328 e. The molecule has 3 N–H and O–H groups in total. The molecule has 6 aromatic rings. The zero-order valence-electron chi connectivity index (χ0n) is 37.5. The molecule has 2 aromatic carbocycles. The van der Waals surface area contributed by atoms with Crippen molar-refractivity contribution >= 4 is 57.7 Å². The summed E-state index contributed by atoms with van der Waals surface area (Å²) in [6.45, 7) is 17.1. The van der Waals surface area contributed by atoms with Crippen molar-refractivity contribution < 1.29 is 18.9 Å². The lowest BCUT2D eigenvalue weighted by molar-refractivity contribution is -0.120. The van der Waals surface area contributed by atoms with Crippen LogP contribution in [0.5, 0.6) is 0 Å². The number of aromatic nitrogens is 6. The van der Waals surface area contributed by atoms with E-state index in [1.54, 1.807) is 6.33 Å². The average Bonchev–Trinajstić information content (AvgIpc) is 3.99. The van der Waals surface area contributed by atoms with Gasteiger partial charge in [0.05, 0.1) is 22.4 Å². The number of H-pyrrole nitrogens is 1. The molecule has 0 spiro atoms. The van der Waals surface area contributed by atoms with Crippen LogP contribution in [-0.4, -0.2) is 105 Å². The Morgan fingerprint density at radius 2 is 1.71 bits per heavy atom. The molecule has 0 bridgehead atoms. The number of hydrogen-bond donors (Lipinski definition) is 3. The van der Waals surface area contributed by atoms with Crippen molar-refractivity contribution in [1.29, 1.82) is 0 Å². The summed E-state index contributed by atoms with van der Waals surface area (Å²) in [5.41, 5.74) is 7.75. The SMILES string of the molecule is Cc1cc(-c2ncnc3[nH]c(-c4ccc(N5CCN(CCC6CCN(c7ccc(N8CCC(=O)NC8=O)c(Cl)c7)CC6)CC5)nc4)cc23)ccc1[C@@H](C)NC(=O)c1nc(C(C)(C)C)no1. The van der Waals surface area contributed by atoms with Gasteiger partial charge in [-0.1, -0.05) is 49.7 Å². The monoisotopic (exact) mass is 898 g/mol. The van der Waals surface area contributed by atoms with Crippen molar-refractivity contribution in [3.8, 4) is 22.5 Å².